The quantitative estimate of drug-likeness (QED) is 0.756. The molecule has 7 heteroatoms. The van der Waals surface area contributed by atoms with Crippen molar-refractivity contribution in [2.75, 3.05) is 26.2 Å². The number of fused-ring (bicyclic) bond motifs is 1. The summed E-state index contributed by atoms with van der Waals surface area (Å²) in [7, 11) is 0. The maximum absolute atomic E-state index is 12.8. The summed E-state index contributed by atoms with van der Waals surface area (Å²) in [5.74, 6) is -0.153. The molecule has 1 aromatic heterocycles. The summed E-state index contributed by atoms with van der Waals surface area (Å²) in [5, 5.41) is 8.48. The van der Waals surface area contributed by atoms with E-state index in [9.17, 15) is 9.59 Å². The zero-order valence-corrected chi connectivity index (χ0v) is 14.7. The number of halogens is 1. The molecule has 2 aromatic carbocycles. The van der Waals surface area contributed by atoms with Gasteiger partial charge in [0.2, 0.25) is 0 Å². The lowest BCUT2D eigenvalue weighted by Crippen LogP contribution is -2.50. The first kappa shape index (κ1) is 16.6. The number of aromatic nitrogens is 2. The van der Waals surface area contributed by atoms with Crippen LogP contribution in [-0.2, 0) is 0 Å². The molecule has 0 aliphatic carbocycles. The molecule has 2 amide bonds. The normalized spacial score (nSPS) is 14.7. The Labute approximate surface area is 155 Å². The molecule has 0 saturated carbocycles. The van der Waals surface area contributed by atoms with Crippen LogP contribution >= 0.6 is 11.6 Å². The van der Waals surface area contributed by atoms with Gasteiger partial charge in [0, 0.05) is 42.2 Å². The van der Waals surface area contributed by atoms with Gasteiger partial charge in [0.15, 0.2) is 5.69 Å². The molecule has 0 spiro atoms. The van der Waals surface area contributed by atoms with Crippen LogP contribution in [0.25, 0.3) is 10.9 Å². The smallest absolute Gasteiger partial charge is 0.275 e. The minimum Gasteiger partial charge on any atom is -0.335 e. The van der Waals surface area contributed by atoms with Crippen LogP contribution in [0, 0.1) is 0 Å². The van der Waals surface area contributed by atoms with Gasteiger partial charge < -0.3 is 9.80 Å². The zero-order chi connectivity index (χ0) is 18.1. The lowest BCUT2D eigenvalue weighted by molar-refractivity contribution is 0.0533. The van der Waals surface area contributed by atoms with Crippen LogP contribution in [0.2, 0.25) is 5.02 Å². The molecule has 1 saturated heterocycles. The lowest BCUT2D eigenvalue weighted by atomic mass is 10.1. The molecule has 132 valence electrons. The summed E-state index contributed by atoms with van der Waals surface area (Å²) < 4.78 is 0. The summed E-state index contributed by atoms with van der Waals surface area (Å²) in [4.78, 5) is 28.8. The second-order valence-corrected chi connectivity index (χ2v) is 6.65. The monoisotopic (exact) mass is 368 g/mol. The van der Waals surface area contributed by atoms with Gasteiger partial charge in [-0.15, -0.1) is 0 Å². The van der Waals surface area contributed by atoms with Crippen LogP contribution < -0.4 is 0 Å². The number of para-hydroxylation sites is 1. The fourth-order valence-corrected chi connectivity index (χ4v) is 3.29. The number of piperazine rings is 1. The van der Waals surface area contributed by atoms with Gasteiger partial charge in [0.05, 0.1) is 5.52 Å². The molecule has 26 heavy (non-hydrogen) atoms. The number of benzene rings is 2. The minimum absolute atomic E-state index is 0.0426. The number of nitrogens with zero attached hydrogens (tertiary/aromatic N) is 3. The highest BCUT2D eigenvalue weighted by Gasteiger charge is 2.27. The topological polar surface area (TPSA) is 69.3 Å². The van der Waals surface area contributed by atoms with Crippen molar-refractivity contribution in [3.05, 3.63) is 64.8 Å². The van der Waals surface area contributed by atoms with Gasteiger partial charge in [-0.3, -0.25) is 14.7 Å². The average Bonchev–Trinajstić information content (AvgIpc) is 3.12. The lowest BCUT2D eigenvalue weighted by Gasteiger charge is -2.34. The first-order valence-corrected chi connectivity index (χ1v) is 8.78. The number of H-pyrrole nitrogens is 1. The molecule has 0 radical (unpaired) electrons. The minimum atomic E-state index is -0.110. The van der Waals surface area contributed by atoms with Gasteiger partial charge in [0.1, 0.15) is 0 Å². The van der Waals surface area contributed by atoms with Crippen molar-refractivity contribution in [1.82, 2.24) is 20.0 Å². The van der Waals surface area contributed by atoms with Crippen molar-refractivity contribution in [3.8, 4) is 0 Å². The van der Waals surface area contributed by atoms with E-state index in [-0.39, 0.29) is 11.8 Å². The second kappa shape index (κ2) is 6.80. The van der Waals surface area contributed by atoms with Crippen molar-refractivity contribution in [2.45, 2.75) is 0 Å². The Balaban J connectivity index is 1.44. The zero-order valence-electron chi connectivity index (χ0n) is 14.0. The number of amides is 2. The molecule has 1 aliphatic rings. The number of carbonyl (C=O) groups excluding carboxylic acids is 2. The van der Waals surface area contributed by atoms with Crippen molar-refractivity contribution in [1.29, 1.82) is 0 Å². The Bertz CT molecular complexity index is 959. The Morgan fingerprint density at radius 3 is 2.19 bits per heavy atom. The van der Waals surface area contributed by atoms with E-state index in [1.54, 1.807) is 34.1 Å². The highest BCUT2D eigenvalue weighted by Crippen LogP contribution is 2.18. The molecule has 1 aliphatic heterocycles. The van der Waals surface area contributed by atoms with E-state index in [4.69, 9.17) is 11.6 Å². The Hall–Kier alpha value is -2.86. The molecular formula is C19H17ClN4O2. The van der Waals surface area contributed by atoms with Crippen LogP contribution in [-0.4, -0.2) is 58.0 Å². The third kappa shape index (κ3) is 3.04. The van der Waals surface area contributed by atoms with Crippen LogP contribution in [0.15, 0.2) is 48.5 Å². The molecule has 4 rings (SSSR count). The Kier molecular flexibility index (Phi) is 4.34. The van der Waals surface area contributed by atoms with E-state index in [2.05, 4.69) is 10.2 Å². The molecule has 0 bridgehead atoms. The van der Waals surface area contributed by atoms with E-state index in [1.807, 2.05) is 24.3 Å². The van der Waals surface area contributed by atoms with Crippen molar-refractivity contribution < 1.29 is 9.59 Å². The van der Waals surface area contributed by atoms with Crippen LogP contribution in [0.4, 0.5) is 0 Å². The Morgan fingerprint density at radius 2 is 1.50 bits per heavy atom. The maximum atomic E-state index is 12.8. The van der Waals surface area contributed by atoms with E-state index >= 15 is 0 Å². The standard InChI is InChI=1S/C19H17ClN4O2/c20-14-7-5-13(6-8-14)18(25)23-9-11-24(12-10-23)19(26)17-15-3-1-2-4-16(15)21-22-17/h1-8H,9-12H2,(H,21,22). The molecule has 6 nitrogen and oxygen atoms in total. The summed E-state index contributed by atoms with van der Waals surface area (Å²) in [6.45, 7) is 1.96. The van der Waals surface area contributed by atoms with Gasteiger partial charge in [-0.25, -0.2) is 0 Å². The number of aromatic amines is 1. The first-order chi connectivity index (χ1) is 12.6. The third-order valence-corrected chi connectivity index (χ3v) is 4.87. The molecule has 3 aromatic rings. The van der Waals surface area contributed by atoms with E-state index in [0.717, 1.165) is 10.9 Å². The number of hydrogen-bond donors (Lipinski definition) is 1. The summed E-state index contributed by atoms with van der Waals surface area (Å²) in [5.41, 5.74) is 1.87. The molecular weight excluding hydrogens is 352 g/mol. The second-order valence-electron chi connectivity index (χ2n) is 6.21. The van der Waals surface area contributed by atoms with Crippen LogP contribution in [0.3, 0.4) is 0 Å². The van der Waals surface area contributed by atoms with Crippen molar-refractivity contribution in [3.63, 3.8) is 0 Å². The van der Waals surface area contributed by atoms with Gasteiger partial charge in [-0.2, -0.15) is 5.10 Å². The largest absolute Gasteiger partial charge is 0.335 e. The van der Waals surface area contributed by atoms with Gasteiger partial charge >= 0.3 is 0 Å². The molecule has 1 fully saturated rings. The third-order valence-electron chi connectivity index (χ3n) is 4.62. The first-order valence-electron chi connectivity index (χ1n) is 8.41. The SMILES string of the molecule is O=C(c1ccc(Cl)cc1)N1CCN(C(=O)c2n[nH]c3ccccc23)CC1. The predicted octanol–water partition coefficient (Wildman–Crippen LogP) is 2.81. The number of nitrogens with one attached hydrogen (secondary N) is 1. The van der Waals surface area contributed by atoms with E-state index in [0.29, 0.717) is 42.5 Å². The summed E-state index contributed by atoms with van der Waals surface area (Å²) in [6, 6.07) is 14.4. The molecule has 0 atom stereocenters. The van der Waals surface area contributed by atoms with E-state index in [1.165, 1.54) is 0 Å². The van der Waals surface area contributed by atoms with E-state index < -0.39 is 0 Å². The predicted molar refractivity (Wildman–Crippen MR) is 99.4 cm³/mol. The molecule has 2 heterocycles. The molecule has 0 unspecified atom stereocenters. The number of carbonyl (C=O) groups is 2. The van der Waals surface area contributed by atoms with Gasteiger partial charge in [-0.05, 0) is 30.3 Å². The Morgan fingerprint density at radius 1 is 0.885 bits per heavy atom. The fourth-order valence-electron chi connectivity index (χ4n) is 3.16. The number of rotatable bonds is 2. The van der Waals surface area contributed by atoms with Crippen molar-refractivity contribution >= 4 is 34.3 Å². The highest BCUT2D eigenvalue weighted by molar-refractivity contribution is 6.30. The van der Waals surface area contributed by atoms with Gasteiger partial charge in [-0.1, -0.05) is 29.8 Å². The van der Waals surface area contributed by atoms with Crippen molar-refractivity contribution in [2.24, 2.45) is 0 Å². The van der Waals surface area contributed by atoms with Crippen LogP contribution in [0.1, 0.15) is 20.8 Å². The number of hydrogen-bond acceptors (Lipinski definition) is 3. The summed E-state index contributed by atoms with van der Waals surface area (Å²) >= 11 is 5.87. The highest BCUT2D eigenvalue weighted by atomic mass is 35.5. The fraction of sp³-hybridized carbons (Fsp3) is 0.211. The van der Waals surface area contributed by atoms with Gasteiger partial charge in [0.25, 0.3) is 11.8 Å². The van der Waals surface area contributed by atoms with Crippen LogP contribution in [0.5, 0.6) is 0 Å². The maximum Gasteiger partial charge on any atom is 0.275 e. The molecule has 1 N–H and O–H groups in total. The summed E-state index contributed by atoms with van der Waals surface area (Å²) in [6.07, 6.45) is 0. The average molecular weight is 369 g/mol.